The topological polar surface area (TPSA) is 55.0 Å². The average molecular weight is 298 g/mol. The molecule has 0 aliphatic heterocycles. The summed E-state index contributed by atoms with van der Waals surface area (Å²) in [6, 6.07) is 4.27. The zero-order chi connectivity index (χ0) is 15.8. The molecule has 1 aromatic heterocycles. The van der Waals surface area contributed by atoms with Crippen LogP contribution >= 0.6 is 0 Å². The Morgan fingerprint density at radius 3 is 2.43 bits per heavy atom. The summed E-state index contributed by atoms with van der Waals surface area (Å²) in [7, 11) is 1.41. The highest BCUT2D eigenvalue weighted by molar-refractivity contribution is 5.71. The third-order valence-electron chi connectivity index (χ3n) is 2.97. The number of aryl methyl sites for hydroxylation is 2. The van der Waals surface area contributed by atoms with Gasteiger partial charge in [-0.05, 0) is 37.1 Å². The van der Waals surface area contributed by atoms with Gasteiger partial charge in [0, 0.05) is 5.56 Å². The third-order valence-corrected chi connectivity index (χ3v) is 2.97. The van der Waals surface area contributed by atoms with Crippen LogP contribution in [-0.4, -0.2) is 17.1 Å². The molecule has 0 aliphatic rings. The lowest BCUT2D eigenvalue weighted by atomic mass is 10.0. The fourth-order valence-electron chi connectivity index (χ4n) is 2.16. The maximum Gasteiger partial charge on any atom is 0.431 e. The molecule has 0 fully saturated rings. The van der Waals surface area contributed by atoms with E-state index in [1.54, 1.807) is 24.0 Å². The van der Waals surface area contributed by atoms with Crippen LogP contribution in [0.1, 0.15) is 16.8 Å². The van der Waals surface area contributed by atoms with Crippen LogP contribution < -0.4 is 10.4 Å². The smallest absolute Gasteiger partial charge is 0.431 e. The number of H-pyrrole nitrogens is 1. The standard InChI is InChI=1S/C14H13F3N2O2/c1-7-4-8(2)12(10(5-7)21-3)9-6-11(14(15,16)17)19-13(20)18-9/h4-6H,1-3H3,(H,18,19,20). The normalized spacial score (nSPS) is 11.5. The first-order chi connectivity index (χ1) is 9.72. The first-order valence-electron chi connectivity index (χ1n) is 6.06. The lowest BCUT2D eigenvalue weighted by Crippen LogP contribution is -2.19. The van der Waals surface area contributed by atoms with Gasteiger partial charge in [0.1, 0.15) is 11.4 Å². The van der Waals surface area contributed by atoms with E-state index in [2.05, 4.69) is 4.98 Å². The van der Waals surface area contributed by atoms with Crippen LogP contribution in [0.15, 0.2) is 23.0 Å². The Bertz CT molecular complexity index is 736. The molecule has 21 heavy (non-hydrogen) atoms. The number of aromatic amines is 1. The molecule has 0 saturated carbocycles. The van der Waals surface area contributed by atoms with Crippen molar-refractivity contribution in [1.82, 2.24) is 9.97 Å². The molecule has 0 spiro atoms. The Hall–Kier alpha value is -2.31. The van der Waals surface area contributed by atoms with Gasteiger partial charge >= 0.3 is 11.9 Å². The van der Waals surface area contributed by atoms with Gasteiger partial charge in [-0.25, -0.2) is 4.79 Å². The second kappa shape index (κ2) is 5.23. The number of hydrogen-bond donors (Lipinski definition) is 1. The SMILES string of the molecule is COc1cc(C)cc(C)c1-c1cc(C(F)(F)F)[nH]c(=O)n1. The number of nitrogens with zero attached hydrogens (tertiary/aromatic N) is 1. The first-order valence-corrected chi connectivity index (χ1v) is 6.06. The Morgan fingerprint density at radius 2 is 1.86 bits per heavy atom. The fourth-order valence-corrected chi connectivity index (χ4v) is 2.16. The second-order valence-electron chi connectivity index (χ2n) is 4.64. The molecule has 0 saturated heterocycles. The molecule has 0 radical (unpaired) electrons. The molecule has 4 nitrogen and oxygen atoms in total. The second-order valence-corrected chi connectivity index (χ2v) is 4.64. The summed E-state index contributed by atoms with van der Waals surface area (Å²) in [5, 5.41) is 0. The zero-order valence-electron chi connectivity index (χ0n) is 11.6. The van der Waals surface area contributed by atoms with Crippen molar-refractivity contribution in [1.29, 1.82) is 0 Å². The summed E-state index contributed by atoms with van der Waals surface area (Å²) in [5.41, 5.74) is -0.312. The Kier molecular flexibility index (Phi) is 3.76. The van der Waals surface area contributed by atoms with Crippen molar-refractivity contribution >= 4 is 0 Å². The maximum absolute atomic E-state index is 12.8. The van der Waals surface area contributed by atoms with Crippen LogP contribution in [0.2, 0.25) is 0 Å². The number of methoxy groups -OCH3 is 1. The maximum atomic E-state index is 12.8. The van der Waals surface area contributed by atoms with E-state index in [1.165, 1.54) is 7.11 Å². The van der Waals surface area contributed by atoms with Crippen molar-refractivity contribution in [2.45, 2.75) is 20.0 Å². The summed E-state index contributed by atoms with van der Waals surface area (Å²) >= 11 is 0. The van der Waals surface area contributed by atoms with Gasteiger partial charge in [-0.15, -0.1) is 0 Å². The minimum atomic E-state index is -4.65. The predicted octanol–water partition coefficient (Wildman–Crippen LogP) is 3.08. The van der Waals surface area contributed by atoms with E-state index in [0.717, 1.165) is 11.6 Å². The summed E-state index contributed by atoms with van der Waals surface area (Å²) < 4.78 is 43.5. The Morgan fingerprint density at radius 1 is 1.19 bits per heavy atom. The van der Waals surface area contributed by atoms with Crippen LogP contribution in [0.3, 0.4) is 0 Å². The van der Waals surface area contributed by atoms with Crippen molar-refractivity contribution in [3.05, 3.63) is 45.5 Å². The monoisotopic (exact) mass is 298 g/mol. The average Bonchev–Trinajstić information content (AvgIpc) is 2.35. The van der Waals surface area contributed by atoms with E-state index in [-0.39, 0.29) is 5.69 Å². The fraction of sp³-hybridized carbons (Fsp3) is 0.286. The van der Waals surface area contributed by atoms with Gasteiger partial charge in [0.25, 0.3) is 0 Å². The number of benzene rings is 1. The van der Waals surface area contributed by atoms with Crippen molar-refractivity contribution in [3.63, 3.8) is 0 Å². The van der Waals surface area contributed by atoms with E-state index >= 15 is 0 Å². The Labute approximate surface area is 118 Å². The van der Waals surface area contributed by atoms with Crippen molar-refractivity contribution < 1.29 is 17.9 Å². The van der Waals surface area contributed by atoms with Gasteiger partial charge in [-0.3, -0.25) is 0 Å². The van der Waals surface area contributed by atoms with Crippen LogP contribution in [0, 0.1) is 13.8 Å². The van der Waals surface area contributed by atoms with Gasteiger partial charge in [0.15, 0.2) is 0 Å². The van der Waals surface area contributed by atoms with Gasteiger partial charge < -0.3 is 9.72 Å². The molecule has 0 aliphatic carbocycles. The lowest BCUT2D eigenvalue weighted by molar-refractivity contribution is -0.141. The lowest BCUT2D eigenvalue weighted by Gasteiger charge is -2.13. The number of alkyl halides is 3. The highest BCUT2D eigenvalue weighted by Crippen LogP contribution is 2.35. The molecular formula is C14H13F3N2O2. The number of aromatic nitrogens is 2. The molecule has 112 valence electrons. The van der Waals surface area contributed by atoms with Crippen LogP contribution in [0.25, 0.3) is 11.3 Å². The number of hydrogen-bond acceptors (Lipinski definition) is 3. The molecule has 0 atom stereocenters. The highest BCUT2D eigenvalue weighted by Gasteiger charge is 2.33. The number of nitrogens with one attached hydrogen (secondary N) is 1. The molecular weight excluding hydrogens is 285 g/mol. The summed E-state index contributed by atoms with van der Waals surface area (Å²) in [5.74, 6) is 0.374. The van der Waals surface area contributed by atoms with Gasteiger partial charge in [0.2, 0.25) is 0 Å². The van der Waals surface area contributed by atoms with E-state index in [1.807, 2.05) is 6.92 Å². The molecule has 0 unspecified atom stereocenters. The summed E-state index contributed by atoms with van der Waals surface area (Å²) in [6.07, 6.45) is -4.65. The van der Waals surface area contributed by atoms with Gasteiger partial charge in [0.05, 0.1) is 12.8 Å². The zero-order valence-corrected chi connectivity index (χ0v) is 11.6. The molecule has 2 rings (SSSR count). The first kappa shape index (κ1) is 15.1. The molecule has 7 heteroatoms. The van der Waals surface area contributed by atoms with Crippen LogP contribution in [0.4, 0.5) is 13.2 Å². The quantitative estimate of drug-likeness (QED) is 0.927. The number of rotatable bonds is 2. The summed E-state index contributed by atoms with van der Waals surface area (Å²) in [4.78, 5) is 16.7. The number of halogens is 3. The van der Waals surface area contributed by atoms with Crippen molar-refractivity contribution in [3.8, 4) is 17.0 Å². The van der Waals surface area contributed by atoms with Crippen molar-refractivity contribution in [2.75, 3.05) is 7.11 Å². The highest BCUT2D eigenvalue weighted by atomic mass is 19.4. The summed E-state index contributed by atoms with van der Waals surface area (Å²) in [6.45, 7) is 3.56. The van der Waals surface area contributed by atoms with E-state index in [9.17, 15) is 18.0 Å². The molecule has 2 aromatic rings. The predicted molar refractivity (Wildman–Crippen MR) is 71.3 cm³/mol. The van der Waals surface area contributed by atoms with E-state index in [0.29, 0.717) is 16.9 Å². The van der Waals surface area contributed by atoms with Gasteiger partial charge in [-0.2, -0.15) is 18.2 Å². The van der Waals surface area contributed by atoms with Crippen molar-refractivity contribution in [2.24, 2.45) is 0 Å². The molecule has 1 N–H and O–H groups in total. The molecule has 1 heterocycles. The van der Waals surface area contributed by atoms with E-state index < -0.39 is 17.6 Å². The third kappa shape index (κ3) is 3.07. The minimum Gasteiger partial charge on any atom is -0.496 e. The minimum absolute atomic E-state index is 0.0691. The molecule has 1 aromatic carbocycles. The molecule has 0 amide bonds. The van der Waals surface area contributed by atoms with E-state index in [4.69, 9.17) is 4.74 Å². The van der Waals surface area contributed by atoms with Crippen LogP contribution in [-0.2, 0) is 6.18 Å². The largest absolute Gasteiger partial charge is 0.496 e. The Balaban J connectivity index is 2.74. The van der Waals surface area contributed by atoms with Gasteiger partial charge in [-0.1, -0.05) is 6.07 Å². The molecule has 0 bridgehead atoms. The van der Waals surface area contributed by atoms with Crippen LogP contribution in [0.5, 0.6) is 5.75 Å². The number of ether oxygens (including phenoxy) is 1.